The highest BCUT2D eigenvalue weighted by Gasteiger charge is 2.09. The molecular weight excluding hydrogens is 292 g/mol. The number of nitrogens with one attached hydrogen (secondary N) is 1. The van der Waals surface area contributed by atoms with Crippen molar-refractivity contribution < 1.29 is 19.8 Å². The third kappa shape index (κ3) is 3.90. The highest BCUT2D eigenvalue weighted by atomic mass is 32.1. The molecule has 2 aromatic rings. The van der Waals surface area contributed by atoms with E-state index in [0.29, 0.717) is 5.69 Å². The first-order valence-electron chi connectivity index (χ1n) is 5.93. The number of carbonyl (C=O) groups is 2. The maximum atomic E-state index is 11.7. The molecule has 0 spiro atoms. The normalized spacial score (nSPS) is 10.7. The fourth-order valence-corrected chi connectivity index (χ4v) is 2.14. The fourth-order valence-electron chi connectivity index (χ4n) is 1.56. The Kier molecular flexibility index (Phi) is 4.34. The standard InChI is InChI=1S/C14H12N2O4S/c1-8-15-10(7-21-8)3-5-13(18)16-11-4-2-9(14(19)20)6-12(11)17/h2-7,17H,1H3,(H,16,18)(H,19,20)/b5-3+. The Balaban J connectivity index is 2.06. The van der Waals surface area contributed by atoms with E-state index in [1.54, 1.807) is 6.08 Å². The van der Waals surface area contributed by atoms with Crippen LogP contribution in [-0.4, -0.2) is 27.1 Å². The summed E-state index contributed by atoms with van der Waals surface area (Å²) in [7, 11) is 0. The predicted molar refractivity (Wildman–Crippen MR) is 79.6 cm³/mol. The first-order valence-corrected chi connectivity index (χ1v) is 6.81. The molecule has 1 heterocycles. The van der Waals surface area contributed by atoms with Crippen molar-refractivity contribution in [1.29, 1.82) is 0 Å². The molecule has 1 aromatic heterocycles. The third-order valence-electron chi connectivity index (χ3n) is 2.54. The molecule has 0 aliphatic carbocycles. The molecule has 2 rings (SSSR count). The van der Waals surface area contributed by atoms with Crippen molar-refractivity contribution in [3.05, 3.63) is 45.9 Å². The van der Waals surface area contributed by atoms with Crippen LogP contribution in [0.1, 0.15) is 21.1 Å². The Hall–Kier alpha value is -2.67. The Morgan fingerprint density at radius 2 is 2.14 bits per heavy atom. The number of phenols is 1. The van der Waals surface area contributed by atoms with E-state index in [1.165, 1.54) is 29.5 Å². The lowest BCUT2D eigenvalue weighted by atomic mass is 10.2. The Morgan fingerprint density at radius 1 is 1.38 bits per heavy atom. The van der Waals surface area contributed by atoms with E-state index < -0.39 is 11.9 Å². The van der Waals surface area contributed by atoms with Crippen LogP contribution >= 0.6 is 11.3 Å². The minimum absolute atomic E-state index is 0.0565. The van der Waals surface area contributed by atoms with Gasteiger partial charge in [-0.3, -0.25) is 4.79 Å². The van der Waals surface area contributed by atoms with Crippen molar-refractivity contribution in [3.8, 4) is 5.75 Å². The molecule has 21 heavy (non-hydrogen) atoms. The molecular formula is C14H12N2O4S. The van der Waals surface area contributed by atoms with Crippen molar-refractivity contribution in [2.45, 2.75) is 6.92 Å². The number of benzene rings is 1. The van der Waals surface area contributed by atoms with Crippen LogP contribution in [0.2, 0.25) is 0 Å². The molecule has 0 fully saturated rings. The van der Waals surface area contributed by atoms with Crippen LogP contribution in [0.4, 0.5) is 5.69 Å². The van der Waals surface area contributed by atoms with Gasteiger partial charge in [-0.2, -0.15) is 0 Å². The molecule has 6 nitrogen and oxygen atoms in total. The molecule has 0 atom stereocenters. The smallest absolute Gasteiger partial charge is 0.335 e. The highest BCUT2D eigenvalue weighted by molar-refractivity contribution is 7.09. The minimum atomic E-state index is -1.15. The van der Waals surface area contributed by atoms with Gasteiger partial charge in [-0.1, -0.05) is 0 Å². The number of carboxylic acid groups (broad SMARTS) is 1. The largest absolute Gasteiger partial charge is 0.506 e. The summed E-state index contributed by atoms with van der Waals surface area (Å²) in [6, 6.07) is 3.70. The van der Waals surface area contributed by atoms with Gasteiger partial charge < -0.3 is 15.5 Å². The van der Waals surface area contributed by atoms with Crippen LogP contribution in [0, 0.1) is 6.92 Å². The van der Waals surface area contributed by atoms with Crippen LogP contribution < -0.4 is 5.32 Å². The number of anilines is 1. The van der Waals surface area contributed by atoms with Crippen molar-refractivity contribution in [1.82, 2.24) is 4.98 Å². The number of nitrogens with zero attached hydrogens (tertiary/aromatic N) is 1. The van der Waals surface area contributed by atoms with Gasteiger partial charge in [0.15, 0.2) is 0 Å². The monoisotopic (exact) mass is 304 g/mol. The summed E-state index contributed by atoms with van der Waals surface area (Å²) < 4.78 is 0. The van der Waals surface area contributed by atoms with Gasteiger partial charge in [0.05, 0.1) is 22.0 Å². The fraction of sp³-hybridized carbons (Fsp3) is 0.0714. The quantitative estimate of drug-likeness (QED) is 0.595. The second-order valence-corrected chi connectivity index (χ2v) is 5.21. The average Bonchev–Trinajstić information content (AvgIpc) is 2.84. The van der Waals surface area contributed by atoms with E-state index in [2.05, 4.69) is 10.3 Å². The van der Waals surface area contributed by atoms with E-state index in [4.69, 9.17) is 5.11 Å². The number of carbonyl (C=O) groups excluding carboxylic acids is 1. The lowest BCUT2D eigenvalue weighted by molar-refractivity contribution is -0.111. The molecule has 0 saturated heterocycles. The maximum absolute atomic E-state index is 11.7. The zero-order valence-corrected chi connectivity index (χ0v) is 11.8. The molecule has 0 aliphatic heterocycles. The molecule has 0 saturated carbocycles. The number of aromatic hydroxyl groups is 1. The zero-order valence-electron chi connectivity index (χ0n) is 11.0. The van der Waals surface area contributed by atoms with Gasteiger partial charge in [-0.05, 0) is 31.2 Å². The topological polar surface area (TPSA) is 99.5 Å². The number of rotatable bonds is 4. The van der Waals surface area contributed by atoms with E-state index in [9.17, 15) is 14.7 Å². The molecule has 0 unspecified atom stereocenters. The lowest BCUT2D eigenvalue weighted by Gasteiger charge is -2.05. The number of hydrogen-bond acceptors (Lipinski definition) is 5. The summed E-state index contributed by atoms with van der Waals surface area (Å²) in [5.41, 5.74) is 0.765. The number of amides is 1. The van der Waals surface area contributed by atoms with Crippen molar-refractivity contribution in [3.63, 3.8) is 0 Å². The molecule has 0 bridgehead atoms. The van der Waals surface area contributed by atoms with E-state index in [0.717, 1.165) is 11.1 Å². The number of hydrogen-bond donors (Lipinski definition) is 3. The molecule has 108 valence electrons. The zero-order chi connectivity index (χ0) is 15.4. The Morgan fingerprint density at radius 3 is 2.71 bits per heavy atom. The van der Waals surface area contributed by atoms with Crippen molar-refractivity contribution in [2.24, 2.45) is 0 Å². The van der Waals surface area contributed by atoms with Gasteiger partial charge in [0, 0.05) is 11.5 Å². The van der Waals surface area contributed by atoms with Gasteiger partial charge in [0.2, 0.25) is 5.91 Å². The second-order valence-electron chi connectivity index (χ2n) is 4.15. The summed E-state index contributed by atoms with van der Waals surface area (Å²) >= 11 is 1.48. The molecule has 1 aromatic carbocycles. The minimum Gasteiger partial charge on any atom is -0.506 e. The van der Waals surface area contributed by atoms with Crippen LogP contribution in [0.25, 0.3) is 6.08 Å². The van der Waals surface area contributed by atoms with Crippen molar-refractivity contribution >= 4 is 35.0 Å². The number of phenolic OH excluding ortho intramolecular Hbond substituents is 1. The number of aromatic carboxylic acids is 1. The number of carboxylic acids is 1. The molecule has 7 heteroatoms. The third-order valence-corrected chi connectivity index (χ3v) is 3.34. The summed E-state index contributed by atoms with van der Waals surface area (Å²) in [6.45, 7) is 1.87. The van der Waals surface area contributed by atoms with Gasteiger partial charge in [0.25, 0.3) is 0 Å². The summed E-state index contributed by atoms with van der Waals surface area (Å²) in [6.07, 6.45) is 2.85. The lowest BCUT2D eigenvalue weighted by Crippen LogP contribution is -2.08. The van der Waals surface area contributed by atoms with E-state index in [1.807, 2.05) is 12.3 Å². The van der Waals surface area contributed by atoms with Gasteiger partial charge in [-0.25, -0.2) is 9.78 Å². The number of thiazole rings is 1. The first kappa shape index (κ1) is 14.7. The van der Waals surface area contributed by atoms with Crippen LogP contribution in [0.15, 0.2) is 29.7 Å². The Labute approximate surface area is 124 Å². The average molecular weight is 304 g/mol. The summed E-state index contributed by atoms with van der Waals surface area (Å²) in [5.74, 6) is -1.90. The van der Waals surface area contributed by atoms with E-state index >= 15 is 0 Å². The second kappa shape index (κ2) is 6.19. The SMILES string of the molecule is Cc1nc(/C=C/C(=O)Nc2ccc(C(=O)O)cc2O)cs1. The van der Waals surface area contributed by atoms with E-state index in [-0.39, 0.29) is 17.0 Å². The van der Waals surface area contributed by atoms with Gasteiger partial charge in [-0.15, -0.1) is 11.3 Å². The van der Waals surface area contributed by atoms with Gasteiger partial charge in [0.1, 0.15) is 5.75 Å². The highest BCUT2D eigenvalue weighted by Crippen LogP contribution is 2.24. The summed E-state index contributed by atoms with van der Waals surface area (Å²) in [5, 5.41) is 23.6. The van der Waals surface area contributed by atoms with Crippen LogP contribution in [0.3, 0.4) is 0 Å². The summed E-state index contributed by atoms with van der Waals surface area (Å²) in [4.78, 5) is 26.6. The predicted octanol–water partition coefficient (Wildman–Crippen LogP) is 2.51. The number of aryl methyl sites for hydroxylation is 1. The van der Waals surface area contributed by atoms with Crippen LogP contribution in [0.5, 0.6) is 5.75 Å². The molecule has 1 amide bonds. The molecule has 0 aliphatic rings. The Bertz CT molecular complexity index is 722. The molecule has 0 radical (unpaired) electrons. The van der Waals surface area contributed by atoms with Gasteiger partial charge >= 0.3 is 5.97 Å². The maximum Gasteiger partial charge on any atom is 0.335 e. The number of aromatic nitrogens is 1. The van der Waals surface area contributed by atoms with Crippen molar-refractivity contribution in [2.75, 3.05) is 5.32 Å². The first-order chi connectivity index (χ1) is 9.95. The van der Waals surface area contributed by atoms with Crippen LogP contribution in [-0.2, 0) is 4.79 Å². The molecule has 3 N–H and O–H groups in total.